The molecule has 94 valence electrons. The van der Waals surface area contributed by atoms with Crippen LogP contribution in [0.4, 0.5) is 5.69 Å². The molecule has 3 nitrogen and oxygen atoms in total. The van der Waals surface area contributed by atoms with Crippen LogP contribution in [0.25, 0.3) is 0 Å². The summed E-state index contributed by atoms with van der Waals surface area (Å²) in [4.78, 5) is 2.21. The summed E-state index contributed by atoms with van der Waals surface area (Å²) >= 11 is 6.03. The molecule has 0 bridgehead atoms. The van der Waals surface area contributed by atoms with Crippen molar-refractivity contribution < 1.29 is 5.11 Å². The molecule has 0 spiro atoms. The first kappa shape index (κ1) is 12.7. The lowest BCUT2D eigenvalue weighted by Crippen LogP contribution is -2.49. The van der Waals surface area contributed by atoms with E-state index in [0.717, 1.165) is 17.3 Å². The Morgan fingerprint density at radius 1 is 1.47 bits per heavy atom. The van der Waals surface area contributed by atoms with Gasteiger partial charge in [0.2, 0.25) is 0 Å². The number of rotatable bonds is 1. The van der Waals surface area contributed by atoms with E-state index >= 15 is 0 Å². The zero-order chi connectivity index (χ0) is 12.5. The minimum Gasteiger partial charge on any atom is -0.390 e. The van der Waals surface area contributed by atoms with E-state index in [1.165, 1.54) is 0 Å². The lowest BCUT2D eigenvalue weighted by Gasteiger charge is -2.39. The molecule has 0 saturated carbocycles. The Morgan fingerprint density at radius 2 is 2.24 bits per heavy atom. The molecule has 2 rings (SSSR count). The third-order valence-electron chi connectivity index (χ3n) is 3.18. The molecule has 0 aliphatic carbocycles. The number of β-amino-alcohol motifs (C(OH)–C–C–N with tert-alkyl or cyclic N) is 1. The Morgan fingerprint density at radius 3 is 2.94 bits per heavy atom. The second-order valence-corrected chi connectivity index (χ2v) is 5.62. The van der Waals surface area contributed by atoms with Gasteiger partial charge in [-0.3, -0.25) is 0 Å². The second-order valence-electron chi connectivity index (χ2n) is 5.19. The molecule has 4 heteroatoms. The average Bonchev–Trinajstić information content (AvgIpc) is 2.37. The van der Waals surface area contributed by atoms with Crippen LogP contribution in [-0.4, -0.2) is 36.4 Å². The number of hydrogen-bond acceptors (Lipinski definition) is 3. The summed E-state index contributed by atoms with van der Waals surface area (Å²) < 4.78 is 0. The van der Waals surface area contributed by atoms with Gasteiger partial charge < -0.3 is 15.3 Å². The van der Waals surface area contributed by atoms with Crippen LogP contribution >= 0.6 is 11.6 Å². The number of nitrogens with zero attached hydrogens (tertiary/aromatic N) is 1. The van der Waals surface area contributed by atoms with Crippen LogP contribution in [0, 0.1) is 0 Å². The van der Waals surface area contributed by atoms with Crippen molar-refractivity contribution in [3.05, 3.63) is 29.3 Å². The van der Waals surface area contributed by atoms with Crippen LogP contribution in [0.3, 0.4) is 0 Å². The van der Waals surface area contributed by atoms with E-state index in [-0.39, 0.29) is 11.6 Å². The molecule has 1 saturated heterocycles. The van der Waals surface area contributed by atoms with E-state index in [2.05, 4.69) is 24.1 Å². The third kappa shape index (κ3) is 2.92. The SMILES string of the molecule is CC1(C)CNCC(O)CN1c1cccc(Cl)c1. The molecule has 0 radical (unpaired) electrons. The van der Waals surface area contributed by atoms with Crippen molar-refractivity contribution in [1.82, 2.24) is 5.32 Å². The number of aliphatic hydroxyl groups is 1. The molecule has 1 aromatic rings. The first-order valence-corrected chi connectivity index (χ1v) is 6.29. The van der Waals surface area contributed by atoms with Gasteiger partial charge in [-0.2, -0.15) is 0 Å². The van der Waals surface area contributed by atoms with Crippen LogP contribution in [0.2, 0.25) is 5.02 Å². The largest absolute Gasteiger partial charge is 0.390 e. The molecule has 0 aromatic heterocycles. The highest BCUT2D eigenvalue weighted by Crippen LogP contribution is 2.27. The van der Waals surface area contributed by atoms with Crippen LogP contribution in [-0.2, 0) is 0 Å². The number of anilines is 1. The Labute approximate surface area is 107 Å². The molecule has 1 atom stereocenters. The van der Waals surface area contributed by atoms with Gasteiger partial charge >= 0.3 is 0 Å². The Bertz CT molecular complexity index is 395. The van der Waals surface area contributed by atoms with Gasteiger partial charge in [-0.25, -0.2) is 0 Å². The van der Waals surface area contributed by atoms with Crippen molar-refractivity contribution in [2.45, 2.75) is 25.5 Å². The van der Waals surface area contributed by atoms with Crippen molar-refractivity contribution >= 4 is 17.3 Å². The lowest BCUT2D eigenvalue weighted by molar-refractivity contribution is 0.183. The lowest BCUT2D eigenvalue weighted by atomic mass is 10.0. The fraction of sp³-hybridized carbons (Fsp3) is 0.538. The van der Waals surface area contributed by atoms with E-state index in [4.69, 9.17) is 11.6 Å². The van der Waals surface area contributed by atoms with E-state index in [0.29, 0.717) is 13.1 Å². The van der Waals surface area contributed by atoms with Crippen LogP contribution in [0.15, 0.2) is 24.3 Å². The third-order valence-corrected chi connectivity index (χ3v) is 3.42. The fourth-order valence-corrected chi connectivity index (χ4v) is 2.45. The zero-order valence-corrected chi connectivity index (χ0v) is 11.0. The number of benzene rings is 1. The molecule has 1 aromatic carbocycles. The first-order valence-electron chi connectivity index (χ1n) is 5.91. The van der Waals surface area contributed by atoms with Gasteiger partial charge in [0.25, 0.3) is 0 Å². The van der Waals surface area contributed by atoms with Crippen molar-refractivity contribution in [2.75, 3.05) is 24.5 Å². The Balaban J connectivity index is 2.32. The average molecular weight is 255 g/mol. The van der Waals surface area contributed by atoms with Crippen LogP contribution < -0.4 is 10.2 Å². The zero-order valence-electron chi connectivity index (χ0n) is 10.3. The predicted octanol–water partition coefficient (Wildman–Crippen LogP) is 1.89. The van der Waals surface area contributed by atoms with Gasteiger partial charge in [0.1, 0.15) is 0 Å². The number of aliphatic hydroxyl groups excluding tert-OH is 1. The summed E-state index contributed by atoms with van der Waals surface area (Å²) in [5, 5.41) is 13.9. The van der Waals surface area contributed by atoms with Crippen molar-refractivity contribution in [3.63, 3.8) is 0 Å². The highest BCUT2D eigenvalue weighted by atomic mass is 35.5. The van der Waals surface area contributed by atoms with Crippen LogP contribution in [0.5, 0.6) is 0 Å². The highest BCUT2D eigenvalue weighted by molar-refractivity contribution is 6.30. The summed E-state index contributed by atoms with van der Waals surface area (Å²) in [6.45, 7) is 6.44. The summed E-state index contributed by atoms with van der Waals surface area (Å²) in [6.07, 6.45) is -0.351. The minimum absolute atomic E-state index is 0.0395. The summed E-state index contributed by atoms with van der Waals surface area (Å²) in [5.41, 5.74) is 1.02. The van der Waals surface area contributed by atoms with E-state index < -0.39 is 0 Å². The van der Waals surface area contributed by atoms with Crippen molar-refractivity contribution in [2.24, 2.45) is 0 Å². The standard InChI is InChI=1S/C13H19ClN2O/c1-13(2)9-15-7-12(17)8-16(13)11-5-3-4-10(14)6-11/h3-6,12,15,17H,7-9H2,1-2H3. The van der Waals surface area contributed by atoms with Crippen molar-refractivity contribution in [1.29, 1.82) is 0 Å². The fourth-order valence-electron chi connectivity index (χ4n) is 2.26. The Hall–Kier alpha value is -0.770. The predicted molar refractivity (Wildman–Crippen MR) is 71.8 cm³/mol. The van der Waals surface area contributed by atoms with E-state index in [9.17, 15) is 5.11 Å². The highest BCUT2D eigenvalue weighted by Gasteiger charge is 2.31. The maximum atomic E-state index is 9.89. The number of hydrogen-bond donors (Lipinski definition) is 2. The quantitative estimate of drug-likeness (QED) is 0.804. The number of halogens is 1. The van der Waals surface area contributed by atoms with E-state index in [1.807, 2.05) is 24.3 Å². The maximum Gasteiger partial charge on any atom is 0.0839 e. The molecule has 1 aliphatic rings. The molecule has 2 N–H and O–H groups in total. The van der Waals surface area contributed by atoms with Gasteiger partial charge in [0, 0.05) is 35.9 Å². The molecule has 1 aliphatic heterocycles. The summed E-state index contributed by atoms with van der Waals surface area (Å²) in [5.74, 6) is 0. The maximum absolute atomic E-state index is 9.89. The molecule has 1 heterocycles. The first-order chi connectivity index (χ1) is 7.99. The van der Waals surface area contributed by atoms with Gasteiger partial charge in [0.05, 0.1) is 6.10 Å². The molecule has 1 unspecified atom stereocenters. The molecule has 17 heavy (non-hydrogen) atoms. The molecular weight excluding hydrogens is 236 g/mol. The van der Waals surface area contributed by atoms with Crippen molar-refractivity contribution in [3.8, 4) is 0 Å². The monoisotopic (exact) mass is 254 g/mol. The normalized spacial score (nSPS) is 24.5. The van der Waals surface area contributed by atoms with Gasteiger partial charge in [0.15, 0.2) is 0 Å². The smallest absolute Gasteiger partial charge is 0.0839 e. The van der Waals surface area contributed by atoms with Gasteiger partial charge in [-0.05, 0) is 32.0 Å². The van der Waals surface area contributed by atoms with Gasteiger partial charge in [-0.1, -0.05) is 17.7 Å². The topological polar surface area (TPSA) is 35.5 Å². The number of nitrogens with one attached hydrogen (secondary N) is 1. The van der Waals surface area contributed by atoms with Gasteiger partial charge in [-0.15, -0.1) is 0 Å². The second kappa shape index (κ2) is 4.84. The minimum atomic E-state index is -0.351. The summed E-state index contributed by atoms with van der Waals surface area (Å²) in [7, 11) is 0. The van der Waals surface area contributed by atoms with E-state index in [1.54, 1.807) is 0 Å². The Kier molecular flexibility index (Phi) is 3.61. The van der Waals surface area contributed by atoms with Crippen LogP contribution in [0.1, 0.15) is 13.8 Å². The molecular formula is C13H19ClN2O. The summed E-state index contributed by atoms with van der Waals surface area (Å²) in [6, 6.07) is 7.79. The molecule has 0 amide bonds. The molecule has 1 fully saturated rings.